The van der Waals surface area contributed by atoms with Crippen LogP contribution in [0.3, 0.4) is 0 Å². The van der Waals surface area contributed by atoms with E-state index in [0.29, 0.717) is 23.4 Å². The molecule has 16 heavy (non-hydrogen) atoms. The van der Waals surface area contributed by atoms with Crippen molar-refractivity contribution in [2.45, 2.75) is 38.6 Å². The molecule has 0 bridgehead atoms. The number of aromatic nitrogens is 2. The molecule has 5 heteroatoms. The Morgan fingerprint density at radius 3 is 2.94 bits per heavy atom. The van der Waals surface area contributed by atoms with Gasteiger partial charge in [0.25, 0.3) is 0 Å². The first kappa shape index (κ1) is 11.5. The SMILES string of the molecule is CCOC(=O)c1c(Cl)cnn1C1CCCC1. The number of ether oxygens (including phenoxy) is 1. The fraction of sp³-hybridized carbons (Fsp3) is 0.636. The van der Waals surface area contributed by atoms with Gasteiger partial charge in [-0.1, -0.05) is 24.4 Å². The Bertz CT molecular complexity index is 383. The van der Waals surface area contributed by atoms with E-state index in [1.165, 1.54) is 19.0 Å². The topological polar surface area (TPSA) is 44.1 Å². The number of hydrogen-bond acceptors (Lipinski definition) is 3. The van der Waals surface area contributed by atoms with Crippen molar-refractivity contribution in [1.82, 2.24) is 9.78 Å². The Morgan fingerprint density at radius 1 is 1.62 bits per heavy atom. The monoisotopic (exact) mass is 242 g/mol. The summed E-state index contributed by atoms with van der Waals surface area (Å²) in [5.41, 5.74) is 0.399. The Balaban J connectivity index is 2.27. The highest BCUT2D eigenvalue weighted by Crippen LogP contribution is 2.31. The van der Waals surface area contributed by atoms with Crippen molar-refractivity contribution >= 4 is 17.6 Å². The molecule has 1 aliphatic carbocycles. The third kappa shape index (κ3) is 2.07. The minimum absolute atomic E-state index is 0.298. The highest BCUT2D eigenvalue weighted by atomic mass is 35.5. The van der Waals surface area contributed by atoms with E-state index < -0.39 is 0 Å². The molecule has 0 N–H and O–H groups in total. The predicted molar refractivity (Wildman–Crippen MR) is 60.7 cm³/mol. The average molecular weight is 243 g/mol. The fourth-order valence-electron chi connectivity index (χ4n) is 2.16. The van der Waals surface area contributed by atoms with Gasteiger partial charge in [-0.05, 0) is 19.8 Å². The number of carbonyl (C=O) groups excluding carboxylic acids is 1. The molecule has 2 rings (SSSR count). The number of rotatable bonds is 3. The molecule has 1 aromatic rings. The van der Waals surface area contributed by atoms with Gasteiger partial charge in [-0.3, -0.25) is 4.68 Å². The molecule has 0 unspecified atom stereocenters. The van der Waals surface area contributed by atoms with Crippen LogP contribution < -0.4 is 0 Å². The molecular weight excluding hydrogens is 228 g/mol. The summed E-state index contributed by atoms with van der Waals surface area (Å²) in [6, 6.07) is 0.298. The zero-order chi connectivity index (χ0) is 11.5. The molecule has 0 radical (unpaired) electrons. The van der Waals surface area contributed by atoms with Crippen LogP contribution in [-0.2, 0) is 4.74 Å². The first-order valence-electron chi connectivity index (χ1n) is 5.64. The maximum absolute atomic E-state index is 11.7. The van der Waals surface area contributed by atoms with Gasteiger partial charge in [0.15, 0.2) is 5.69 Å². The lowest BCUT2D eigenvalue weighted by molar-refractivity contribution is 0.0509. The zero-order valence-electron chi connectivity index (χ0n) is 9.28. The molecule has 1 aliphatic rings. The van der Waals surface area contributed by atoms with Crippen molar-refractivity contribution in [2.24, 2.45) is 0 Å². The minimum Gasteiger partial charge on any atom is -0.461 e. The second-order valence-electron chi connectivity index (χ2n) is 3.94. The van der Waals surface area contributed by atoms with Crippen LogP contribution >= 0.6 is 11.6 Å². The van der Waals surface area contributed by atoms with E-state index in [4.69, 9.17) is 16.3 Å². The van der Waals surface area contributed by atoms with Crippen LogP contribution in [0.15, 0.2) is 6.20 Å². The van der Waals surface area contributed by atoms with Gasteiger partial charge in [-0.25, -0.2) is 4.79 Å². The predicted octanol–water partition coefficient (Wildman–Crippen LogP) is 2.83. The van der Waals surface area contributed by atoms with E-state index in [1.54, 1.807) is 11.6 Å². The van der Waals surface area contributed by atoms with Gasteiger partial charge < -0.3 is 4.74 Å². The standard InChI is InChI=1S/C11H15ClN2O2/c1-2-16-11(15)10-9(12)7-13-14(10)8-5-3-4-6-8/h7-8H,2-6H2,1H3. The van der Waals surface area contributed by atoms with Crippen molar-refractivity contribution in [2.75, 3.05) is 6.61 Å². The third-order valence-corrected chi connectivity index (χ3v) is 3.17. The number of halogens is 1. The Morgan fingerprint density at radius 2 is 2.31 bits per heavy atom. The van der Waals surface area contributed by atoms with Crippen molar-refractivity contribution in [3.63, 3.8) is 0 Å². The van der Waals surface area contributed by atoms with E-state index in [2.05, 4.69) is 5.10 Å². The highest BCUT2D eigenvalue weighted by molar-refractivity contribution is 6.33. The summed E-state index contributed by atoms with van der Waals surface area (Å²) in [5, 5.41) is 4.56. The van der Waals surface area contributed by atoms with Gasteiger partial charge in [0, 0.05) is 0 Å². The smallest absolute Gasteiger partial charge is 0.358 e. The zero-order valence-corrected chi connectivity index (χ0v) is 10.0. The second kappa shape index (κ2) is 4.87. The number of hydrogen-bond donors (Lipinski definition) is 0. The van der Waals surface area contributed by atoms with E-state index in [0.717, 1.165) is 12.8 Å². The molecule has 1 heterocycles. The van der Waals surface area contributed by atoms with Crippen LogP contribution in [0.2, 0.25) is 5.02 Å². The van der Waals surface area contributed by atoms with Crippen LogP contribution in [0, 0.1) is 0 Å². The summed E-state index contributed by atoms with van der Waals surface area (Å²) >= 11 is 5.97. The molecule has 0 atom stereocenters. The Labute approximate surface area is 99.5 Å². The van der Waals surface area contributed by atoms with E-state index in [1.807, 2.05) is 0 Å². The summed E-state index contributed by atoms with van der Waals surface area (Å²) in [7, 11) is 0. The Kier molecular flexibility index (Phi) is 3.49. The fourth-order valence-corrected chi connectivity index (χ4v) is 2.36. The number of esters is 1. The first-order chi connectivity index (χ1) is 7.74. The van der Waals surface area contributed by atoms with Crippen LogP contribution in [0.25, 0.3) is 0 Å². The molecule has 88 valence electrons. The van der Waals surface area contributed by atoms with Crippen molar-refractivity contribution in [1.29, 1.82) is 0 Å². The molecule has 0 spiro atoms. The van der Waals surface area contributed by atoms with Gasteiger partial charge in [0.2, 0.25) is 0 Å². The summed E-state index contributed by atoms with van der Waals surface area (Å²) in [4.78, 5) is 11.7. The normalized spacial score (nSPS) is 16.6. The average Bonchev–Trinajstić information content (AvgIpc) is 2.86. The summed E-state index contributed by atoms with van der Waals surface area (Å²) in [5.74, 6) is -0.378. The molecule has 1 fully saturated rings. The summed E-state index contributed by atoms with van der Waals surface area (Å²) in [6.45, 7) is 2.13. The van der Waals surface area contributed by atoms with Gasteiger partial charge in [-0.15, -0.1) is 0 Å². The van der Waals surface area contributed by atoms with E-state index in [9.17, 15) is 4.79 Å². The van der Waals surface area contributed by atoms with Gasteiger partial charge >= 0.3 is 5.97 Å². The maximum atomic E-state index is 11.7. The first-order valence-corrected chi connectivity index (χ1v) is 6.02. The van der Waals surface area contributed by atoms with Crippen molar-refractivity contribution in [3.8, 4) is 0 Å². The van der Waals surface area contributed by atoms with Crippen molar-refractivity contribution < 1.29 is 9.53 Å². The number of nitrogens with zero attached hydrogens (tertiary/aromatic N) is 2. The molecule has 0 aromatic carbocycles. The summed E-state index contributed by atoms with van der Waals surface area (Å²) in [6.07, 6.45) is 6.01. The molecule has 4 nitrogen and oxygen atoms in total. The van der Waals surface area contributed by atoms with Gasteiger partial charge in [0.05, 0.1) is 23.9 Å². The molecule has 0 saturated heterocycles. The number of carbonyl (C=O) groups is 1. The molecule has 1 aromatic heterocycles. The molecular formula is C11H15ClN2O2. The molecule has 1 saturated carbocycles. The lowest BCUT2D eigenvalue weighted by Gasteiger charge is -2.13. The largest absolute Gasteiger partial charge is 0.461 e. The van der Waals surface area contributed by atoms with E-state index in [-0.39, 0.29) is 5.97 Å². The van der Waals surface area contributed by atoms with E-state index >= 15 is 0 Å². The maximum Gasteiger partial charge on any atom is 0.358 e. The van der Waals surface area contributed by atoms with Gasteiger partial charge in [0.1, 0.15) is 0 Å². The van der Waals surface area contributed by atoms with Crippen LogP contribution in [0.5, 0.6) is 0 Å². The lowest BCUT2D eigenvalue weighted by atomic mass is 10.2. The van der Waals surface area contributed by atoms with Crippen LogP contribution in [-0.4, -0.2) is 22.4 Å². The summed E-state index contributed by atoms with van der Waals surface area (Å²) < 4.78 is 6.71. The van der Waals surface area contributed by atoms with Crippen LogP contribution in [0.1, 0.15) is 49.1 Å². The van der Waals surface area contributed by atoms with Crippen LogP contribution in [0.4, 0.5) is 0 Å². The minimum atomic E-state index is -0.378. The van der Waals surface area contributed by atoms with Gasteiger partial charge in [-0.2, -0.15) is 5.10 Å². The molecule has 0 aliphatic heterocycles. The third-order valence-electron chi connectivity index (χ3n) is 2.89. The van der Waals surface area contributed by atoms with Crippen molar-refractivity contribution in [3.05, 3.63) is 16.9 Å². The highest BCUT2D eigenvalue weighted by Gasteiger charge is 2.26. The molecule has 0 amide bonds. The second-order valence-corrected chi connectivity index (χ2v) is 4.35. The quantitative estimate of drug-likeness (QED) is 0.766. The lowest BCUT2D eigenvalue weighted by Crippen LogP contribution is -2.16. The Hall–Kier alpha value is -1.03.